The molecule has 0 saturated carbocycles. The minimum absolute atomic E-state index is 0.0756. The summed E-state index contributed by atoms with van der Waals surface area (Å²) in [7, 11) is 0. The van der Waals surface area contributed by atoms with E-state index < -0.39 is 0 Å². The van der Waals surface area contributed by atoms with E-state index in [1.54, 1.807) is 11.0 Å². The molecule has 1 amide bonds. The van der Waals surface area contributed by atoms with Gasteiger partial charge in [-0.25, -0.2) is 9.67 Å². The summed E-state index contributed by atoms with van der Waals surface area (Å²) in [5.41, 5.74) is 1.72. The van der Waals surface area contributed by atoms with Crippen LogP contribution in [0.2, 0.25) is 0 Å². The fourth-order valence-corrected chi connectivity index (χ4v) is 2.25. The number of nitrogens with zero attached hydrogens (tertiary/aromatic N) is 4. The van der Waals surface area contributed by atoms with Crippen LogP contribution in [0.3, 0.4) is 0 Å². The monoisotopic (exact) mass is 287 g/mol. The molecular formula is C14H17N5O2. The Morgan fingerprint density at radius 3 is 2.86 bits per heavy atom. The highest BCUT2D eigenvalue weighted by atomic mass is 16.5. The van der Waals surface area contributed by atoms with Gasteiger partial charge in [0, 0.05) is 13.1 Å². The van der Waals surface area contributed by atoms with Gasteiger partial charge in [-0.3, -0.25) is 4.79 Å². The summed E-state index contributed by atoms with van der Waals surface area (Å²) in [5, 5.41) is 7.30. The zero-order valence-electron chi connectivity index (χ0n) is 11.6. The predicted molar refractivity (Wildman–Crippen MR) is 77.2 cm³/mol. The molecule has 0 unspecified atom stereocenters. The highest BCUT2D eigenvalue weighted by molar-refractivity contribution is 5.81. The summed E-state index contributed by atoms with van der Waals surface area (Å²) >= 11 is 0. The van der Waals surface area contributed by atoms with Gasteiger partial charge in [-0.15, -0.1) is 0 Å². The maximum absolute atomic E-state index is 12.1. The molecule has 21 heavy (non-hydrogen) atoms. The third-order valence-corrected chi connectivity index (χ3v) is 3.36. The van der Waals surface area contributed by atoms with E-state index in [1.165, 1.54) is 6.33 Å². The van der Waals surface area contributed by atoms with E-state index in [0.29, 0.717) is 26.3 Å². The molecule has 0 atom stereocenters. The third-order valence-electron chi connectivity index (χ3n) is 3.36. The molecule has 3 rings (SSSR count). The molecule has 1 saturated heterocycles. The molecule has 0 aliphatic carbocycles. The Morgan fingerprint density at radius 1 is 1.29 bits per heavy atom. The molecule has 1 aromatic heterocycles. The van der Waals surface area contributed by atoms with E-state index in [2.05, 4.69) is 15.4 Å². The van der Waals surface area contributed by atoms with E-state index in [9.17, 15) is 4.79 Å². The van der Waals surface area contributed by atoms with Crippen LogP contribution in [-0.2, 0) is 9.53 Å². The van der Waals surface area contributed by atoms with Crippen LogP contribution in [0.4, 0.5) is 5.69 Å². The largest absolute Gasteiger partial charge is 0.378 e. The van der Waals surface area contributed by atoms with Crippen molar-refractivity contribution in [2.45, 2.75) is 0 Å². The molecule has 1 fully saturated rings. The number of anilines is 1. The minimum atomic E-state index is 0.0756. The van der Waals surface area contributed by atoms with Crippen molar-refractivity contribution in [3.63, 3.8) is 0 Å². The first-order valence-electron chi connectivity index (χ1n) is 6.88. The van der Waals surface area contributed by atoms with Crippen LogP contribution in [0.15, 0.2) is 36.9 Å². The van der Waals surface area contributed by atoms with Gasteiger partial charge in [-0.1, -0.05) is 12.1 Å². The Kier molecular flexibility index (Phi) is 4.11. The first kappa shape index (κ1) is 13.6. The Balaban J connectivity index is 1.66. The SMILES string of the molecule is O=C(CNc1ccccc1-n1cncn1)N1CCOCC1. The van der Waals surface area contributed by atoms with Crippen LogP contribution in [0.25, 0.3) is 5.69 Å². The zero-order valence-corrected chi connectivity index (χ0v) is 11.6. The van der Waals surface area contributed by atoms with Gasteiger partial charge in [0.1, 0.15) is 12.7 Å². The lowest BCUT2D eigenvalue weighted by atomic mass is 10.2. The second kappa shape index (κ2) is 6.36. The van der Waals surface area contributed by atoms with Crippen molar-refractivity contribution in [3.05, 3.63) is 36.9 Å². The highest BCUT2D eigenvalue weighted by Crippen LogP contribution is 2.18. The summed E-state index contributed by atoms with van der Waals surface area (Å²) in [4.78, 5) is 17.9. The van der Waals surface area contributed by atoms with Gasteiger partial charge in [0.15, 0.2) is 0 Å². The smallest absolute Gasteiger partial charge is 0.242 e. The second-order valence-corrected chi connectivity index (χ2v) is 4.70. The van der Waals surface area contributed by atoms with Gasteiger partial charge in [0.25, 0.3) is 0 Å². The maximum atomic E-state index is 12.1. The van der Waals surface area contributed by atoms with Gasteiger partial charge in [0.2, 0.25) is 5.91 Å². The lowest BCUT2D eigenvalue weighted by Gasteiger charge is -2.27. The number of hydrogen-bond acceptors (Lipinski definition) is 5. The number of amides is 1. The number of carbonyl (C=O) groups excluding carboxylic acids is 1. The van der Waals surface area contributed by atoms with Crippen LogP contribution in [0, 0.1) is 0 Å². The molecule has 1 N–H and O–H groups in total. The number of nitrogens with one attached hydrogen (secondary N) is 1. The van der Waals surface area contributed by atoms with Crippen molar-refractivity contribution in [1.82, 2.24) is 19.7 Å². The lowest BCUT2D eigenvalue weighted by molar-refractivity contribution is -0.133. The van der Waals surface area contributed by atoms with Crippen LogP contribution < -0.4 is 5.32 Å². The molecule has 7 heteroatoms. The maximum Gasteiger partial charge on any atom is 0.242 e. The Hall–Kier alpha value is -2.41. The van der Waals surface area contributed by atoms with E-state index in [1.807, 2.05) is 29.2 Å². The number of hydrogen-bond donors (Lipinski definition) is 1. The molecule has 1 aliphatic heterocycles. The van der Waals surface area contributed by atoms with Crippen LogP contribution in [0.1, 0.15) is 0 Å². The summed E-state index contributed by atoms with van der Waals surface area (Å²) in [6.45, 7) is 2.80. The molecule has 2 aromatic rings. The summed E-state index contributed by atoms with van der Waals surface area (Å²) < 4.78 is 6.92. The van der Waals surface area contributed by atoms with E-state index in [-0.39, 0.29) is 12.5 Å². The summed E-state index contributed by atoms with van der Waals surface area (Å²) in [6.07, 6.45) is 3.11. The van der Waals surface area contributed by atoms with Crippen molar-refractivity contribution >= 4 is 11.6 Å². The average Bonchev–Trinajstić information content (AvgIpc) is 3.08. The molecule has 0 bridgehead atoms. The lowest BCUT2D eigenvalue weighted by Crippen LogP contribution is -2.43. The predicted octanol–water partition coefficient (Wildman–Crippen LogP) is 0.538. The Morgan fingerprint density at radius 2 is 2.10 bits per heavy atom. The average molecular weight is 287 g/mol. The molecule has 1 aromatic carbocycles. The molecule has 0 spiro atoms. The molecular weight excluding hydrogens is 270 g/mol. The minimum Gasteiger partial charge on any atom is -0.378 e. The van der Waals surface area contributed by atoms with E-state index in [4.69, 9.17) is 4.74 Å². The quantitative estimate of drug-likeness (QED) is 0.888. The normalized spacial score (nSPS) is 15.0. The third kappa shape index (κ3) is 3.19. The van der Waals surface area contributed by atoms with Crippen LogP contribution in [0.5, 0.6) is 0 Å². The number of benzene rings is 1. The number of carbonyl (C=O) groups is 1. The number of aromatic nitrogens is 3. The van der Waals surface area contributed by atoms with Crippen molar-refractivity contribution in [2.75, 3.05) is 38.2 Å². The van der Waals surface area contributed by atoms with Gasteiger partial charge in [-0.2, -0.15) is 5.10 Å². The van der Waals surface area contributed by atoms with Crippen molar-refractivity contribution in [3.8, 4) is 5.69 Å². The van der Waals surface area contributed by atoms with Gasteiger partial charge in [0.05, 0.1) is 31.1 Å². The highest BCUT2D eigenvalue weighted by Gasteiger charge is 2.16. The van der Waals surface area contributed by atoms with Gasteiger partial charge in [-0.05, 0) is 12.1 Å². The molecule has 7 nitrogen and oxygen atoms in total. The second-order valence-electron chi connectivity index (χ2n) is 4.70. The first-order valence-corrected chi connectivity index (χ1v) is 6.88. The number of para-hydroxylation sites is 2. The van der Waals surface area contributed by atoms with Gasteiger partial charge >= 0.3 is 0 Å². The number of rotatable bonds is 4. The summed E-state index contributed by atoms with van der Waals surface area (Å²) in [5.74, 6) is 0.0756. The Labute approximate surface area is 122 Å². The molecule has 110 valence electrons. The zero-order chi connectivity index (χ0) is 14.5. The first-order chi connectivity index (χ1) is 10.3. The topological polar surface area (TPSA) is 72.3 Å². The molecule has 0 radical (unpaired) electrons. The molecule has 2 heterocycles. The van der Waals surface area contributed by atoms with E-state index >= 15 is 0 Å². The van der Waals surface area contributed by atoms with Gasteiger partial charge < -0.3 is 15.0 Å². The van der Waals surface area contributed by atoms with Crippen molar-refractivity contribution in [2.24, 2.45) is 0 Å². The van der Waals surface area contributed by atoms with E-state index in [0.717, 1.165) is 11.4 Å². The van der Waals surface area contributed by atoms with Crippen molar-refractivity contribution in [1.29, 1.82) is 0 Å². The summed E-state index contributed by atoms with van der Waals surface area (Å²) in [6, 6.07) is 7.69. The number of morpholine rings is 1. The van der Waals surface area contributed by atoms with Crippen molar-refractivity contribution < 1.29 is 9.53 Å². The fraction of sp³-hybridized carbons (Fsp3) is 0.357. The fourth-order valence-electron chi connectivity index (χ4n) is 2.25. The molecule has 1 aliphatic rings. The standard InChI is InChI=1S/C14H17N5O2/c20-14(18-5-7-21-8-6-18)9-16-12-3-1-2-4-13(12)19-11-15-10-17-19/h1-4,10-11,16H,5-9H2. The Bertz CT molecular complexity index is 593. The van der Waals surface area contributed by atoms with Crippen LogP contribution in [-0.4, -0.2) is 58.4 Å². The number of ether oxygens (including phenoxy) is 1. The van der Waals surface area contributed by atoms with Crippen LogP contribution >= 0.6 is 0 Å².